The highest BCUT2D eigenvalue weighted by Crippen LogP contribution is 2.27. The summed E-state index contributed by atoms with van der Waals surface area (Å²) in [5.41, 5.74) is 3.77. The van der Waals surface area contributed by atoms with Gasteiger partial charge in [-0.2, -0.15) is 0 Å². The SMILES string of the molecule is NNC(c1cc(Br)cc(Br)c1)c1ccco1. The molecule has 1 aromatic carbocycles. The molecule has 0 radical (unpaired) electrons. The minimum Gasteiger partial charge on any atom is -0.467 e. The summed E-state index contributed by atoms with van der Waals surface area (Å²) in [6, 6.07) is 9.55. The van der Waals surface area contributed by atoms with Crippen LogP contribution in [-0.2, 0) is 0 Å². The van der Waals surface area contributed by atoms with Crippen molar-refractivity contribution in [3.05, 3.63) is 56.9 Å². The van der Waals surface area contributed by atoms with E-state index in [2.05, 4.69) is 37.3 Å². The van der Waals surface area contributed by atoms with Gasteiger partial charge in [0, 0.05) is 8.95 Å². The largest absolute Gasteiger partial charge is 0.467 e. The van der Waals surface area contributed by atoms with Crippen molar-refractivity contribution in [2.45, 2.75) is 6.04 Å². The molecule has 0 amide bonds. The van der Waals surface area contributed by atoms with Gasteiger partial charge in [-0.3, -0.25) is 5.84 Å². The van der Waals surface area contributed by atoms with Crippen LogP contribution >= 0.6 is 31.9 Å². The Balaban J connectivity index is 2.41. The lowest BCUT2D eigenvalue weighted by Gasteiger charge is -2.14. The molecule has 0 aliphatic rings. The van der Waals surface area contributed by atoms with Crippen LogP contribution in [0.4, 0.5) is 0 Å². The van der Waals surface area contributed by atoms with E-state index in [-0.39, 0.29) is 6.04 Å². The normalized spacial score (nSPS) is 12.7. The Morgan fingerprint density at radius 3 is 2.38 bits per heavy atom. The van der Waals surface area contributed by atoms with Gasteiger partial charge in [0.15, 0.2) is 0 Å². The van der Waals surface area contributed by atoms with Crippen molar-refractivity contribution in [2.75, 3.05) is 0 Å². The van der Waals surface area contributed by atoms with Crippen LogP contribution < -0.4 is 11.3 Å². The van der Waals surface area contributed by atoms with Crippen LogP contribution in [-0.4, -0.2) is 0 Å². The highest BCUT2D eigenvalue weighted by molar-refractivity contribution is 9.11. The lowest BCUT2D eigenvalue weighted by Crippen LogP contribution is -2.28. The molecule has 3 nitrogen and oxygen atoms in total. The molecule has 1 unspecified atom stereocenters. The maximum Gasteiger partial charge on any atom is 0.126 e. The summed E-state index contributed by atoms with van der Waals surface area (Å²) in [6.07, 6.45) is 1.63. The van der Waals surface area contributed by atoms with Crippen molar-refractivity contribution in [1.29, 1.82) is 0 Å². The fraction of sp³-hybridized carbons (Fsp3) is 0.0909. The Morgan fingerprint density at radius 1 is 1.19 bits per heavy atom. The summed E-state index contributed by atoms with van der Waals surface area (Å²) in [5, 5.41) is 0. The molecule has 0 aliphatic heterocycles. The van der Waals surface area contributed by atoms with E-state index in [9.17, 15) is 0 Å². The molecule has 5 heteroatoms. The molecule has 0 bridgehead atoms. The summed E-state index contributed by atoms with van der Waals surface area (Å²) in [4.78, 5) is 0. The van der Waals surface area contributed by atoms with Gasteiger partial charge in [-0.15, -0.1) is 0 Å². The summed E-state index contributed by atoms with van der Waals surface area (Å²) in [5.74, 6) is 6.34. The molecule has 84 valence electrons. The van der Waals surface area contributed by atoms with E-state index < -0.39 is 0 Å². The van der Waals surface area contributed by atoms with Crippen molar-refractivity contribution >= 4 is 31.9 Å². The van der Waals surface area contributed by atoms with Gasteiger partial charge in [0.1, 0.15) is 11.8 Å². The summed E-state index contributed by atoms with van der Waals surface area (Å²) < 4.78 is 7.33. The summed E-state index contributed by atoms with van der Waals surface area (Å²) >= 11 is 6.89. The number of rotatable bonds is 3. The minimum absolute atomic E-state index is 0.149. The second-order valence-corrected chi connectivity index (χ2v) is 5.15. The van der Waals surface area contributed by atoms with Crippen molar-refractivity contribution in [1.82, 2.24) is 5.43 Å². The third kappa shape index (κ3) is 2.55. The Morgan fingerprint density at radius 2 is 1.88 bits per heavy atom. The fourth-order valence-corrected chi connectivity index (χ4v) is 2.87. The van der Waals surface area contributed by atoms with Crippen LogP contribution in [0.1, 0.15) is 17.4 Å². The monoisotopic (exact) mass is 344 g/mol. The van der Waals surface area contributed by atoms with E-state index in [1.165, 1.54) is 0 Å². The maximum atomic E-state index is 5.56. The average molecular weight is 346 g/mol. The molecule has 2 rings (SSSR count). The first-order valence-corrected chi connectivity index (χ1v) is 6.25. The van der Waals surface area contributed by atoms with Gasteiger partial charge in [-0.1, -0.05) is 31.9 Å². The first-order chi connectivity index (χ1) is 7.70. The molecule has 0 spiro atoms. The zero-order chi connectivity index (χ0) is 11.5. The van der Waals surface area contributed by atoms with Gasteiger partial charge in [-0.05, 0) is 35.9 Å². The maximum absolute atomic E-state index is 5.56. The number of furan rings is 1. The Hall–Kier alpha value is -0.620. The number of halogens is 2. The first-order valence-electron chi connectivity index (χ1n) is 4.66. The van der Waals surface area contributed by atoms with Crippen LogP contribution in [0.25, 0.3) is 0 Å². The van der Waals surface area contributed by atoms with Crippen LogP contribution in [0.2, 0.25) is 0 Å². The average Bonchev–Trinajstić information content (AvgIpc) is 2.70. The first kappa shape index (κ1) is 11.9. The molecule has 0 saturated carbocycles. The van der Waals surface area contributed by atoms with E-state index in [0.717, 1.165) is 20.3 Å². The van der Waals surface area contributed by atoms with Crippen molar-refractivity contribution < 1.29 is 4.42 Å². The highest BCUT2D eigenvalue weighted by Gasteiger charge is 2.15. The van der Waals surface area contributed by atoms with Crippen LogP contribution in [0.15, 0.2) is 50.0 Å². The quantitative estimate of drug-likeness (QED) is 0.662. The van der Waals surface area contributed by atoms with E-state index in [4.69, 9.17) is 10.3 Å². The number of hydrogen-bond donors (Lipinski definition) is 2. The standard InChI is InChI=1S/C11H10Br2N2O/c12-8-4-7(5-9(13)6-8)11(15-14)10-2-1-3-16-10/h1-6,11,15H,14H2. The van der Waals surface area contributed by atoms with Gasteiger partial charge in [0.25, 0.3) is 0 Å². The number of hydrazine groups is 1. The molecule has 1 heterocycles. The van der Waals surface area contributed by atoms with Gasteiger partial charge < -0.3 is 4.42 Å². The van der Waals surface area contributed by atoms with Crippen LogP contribution in [0.5, 0.6) is 0 Å². The number of hydrogen-bond acceptors (Lipinski definition) is 3. The molecule has 3 N–H and O–H groups in total. The molecule has 16 heavy (non-hydrogen) atoms. The Kier molecular flexibility index (Phi) is 3.81. The summed E-state index contributed by atoms with van der Waals surface area (Å²) in [6.45, 7) is 0. The smallest absolute Gasteiger partial charge is 0.126 e. The molecule has 0 saturated heterocycles. The third-order valence-corrected chi connectivity index (χ3v) is 3.13. The highest BCUT2D eigenvalue weighted by atomic mass is 79.9. The topological polar surface area (TPSA) is 51.2 Å². The molecule has 2 aromatic rings. The van der Waals surface area contributed by atoms with Gasteiger partial charge in [-0.25, -0.2) is 5.43 Å². The molecular formula is C11H10Br2N2O. The molecular weight excluding hydrogens is 336 g/mol. The molecule has 0 fully saturated rings. The second kappa shape index (κ2) is 5.14. The molecule has 0 aliphatic carbocycles. The van der Waals surface area contributed by atoms with Gasteiger partial charge in [0.2, 0.25) is 0 Å². The van der Waals surface area contributed by atoms with Crippen LogP contribution in [0.3, 0.4) is 0 Å². The van der Waals surface area contributed by atoms with Crippen LogP contribution in [0, 0.1) is 0 Å². The minimum atomic E-state index is -0.149. The lowest BCUT2D eigenvalue weighted by atomic mass is 10.1. The third-order valence-electron chi connectivity index (χ3n) is 2.21. The van der Waals surface area contributed by atoms with E-state index in [0.29, 0.717) is 0 Å². The van der Waals surface area contributed by atoms with E-state index in [1.807, 2.05) is 30.3 Å². The number of nitrogens with one attached hydrogen (secondary N) is 1. The van der Waals surface area contributed by atoms with E-state index in [1.54, 1.807) is 6.26 Å². The van der Waals surface area contributed by atoms with Gasteiger partial charge >= 0.3 is 0 Å². The summed E-state index contributed by atoms with van der Waals surface area (Å²) in [7, 11) is 0. The van der Waals surface area contributed by atoms with E-state index >= 15 is 0 Å². The predicted octanol–water partition coefficient (Wildman–Crippen LogP) is 3.36. The fourth-order valence-electron chi connectivity index (χ4n) is 1.54. The van der Waals surface area contributed by atoms with Crippen molar-refractivity contribution in [3.8, 4) is 0 Å². The number of nitrogens with two attached hydrogens (primary N) is 1. The van der Waals surface area contributed by atoms with Crippen molar-refractivity contribution in [2.24, 2.45) is 5.84 Å². The molecule has 1 aromatic heterocycles. The second-order valence-electron chi connectivity index (χ2n) is 3.32. The van der Waals surface area contributed by atoms with Crippen molar-refractivity contribution in [3.63, 3.8) is 0 Å². The Labute approximate surface area is 110 Å². The van der Waals surface area contributed by atoms with Gasteiger partial charge in [0.05, 0.1) is 6.26 Å². The lowest BCUT2D eigenvalue weighted by molar-refractivity contribution is 0.452. The number of benzene rings is 1. The zero-order valence-electron chi connectivity index (χ0n) is 8.28. The Bertz CT molecular complexity index is 451. The zero-order valence-corrected chi connectivity index (χ0v) is 11.5. The predicted molar refractivity (Wildman–Crippen MR) is 69.7 cm³/mol. The molecule has 1 atom stereocenters.